The zero-order chi connectivity index (χ0) is 32.6. The van der Waals surface area contributed by atoms with E-state index in [1.165, 1.54) is 60.6 Å². The molecule has 2 aliphatic rings. The molecule has 6 N–H and O–H groups in total. The molecule has 3 atom stereocenters. The summed E-state index contributed by atoms with van der Waals surface area (Å²) in [5.41, 5.74) is 6.77. The van der Waals surface area contributed by atoms with Crippen LogP contribution in [0.25, 0.3) is 0 Å². The number of imide groups is 2. The Bertz CT molecular complexity index is 1390. The maximum Gasteiger partial charge on any atom is 0.261 e. The number of nitrogens with one attached hydrogen (secondary N) is 1. The van der Waals surface area contributed by atoms with Crippen molar-refractivity contribution in [3.05, 3.63) is 69.8 Å². The normalized spacial score (nSPS) is 15.5. The smallest absolute Gasteiger partial charge is 0.261 e. The van der Waals surface area contributed by atoms with Gasteiger partial charge in [-0.2, -0.15) is 0 Å². The fraction of sp³-hybridized carbons (Fsp3) is 0.528. The Hall–Kier alpha value is -3.69. The lowest BCUT2D eigenvalue weighted by atomic mass is 9.95. The van der Waals surface area contributed by atoms with Gasteiger partial charge in [-0.1, -0.05) is 72.9 Å². The Labute approximate surface area is 268 Å². The minimum atomic E-state index is -0.543. The number of fused-ring (bicyclic) bond motifs is 2. The number of amides is 4. The molecule has 0 aliphatic carbocycles. The Morgan fingerprint density at radius 2 is 1.27 bits per heavy atom. The molecular formula is C36H52N4O5. The number of rotatable bonds is 14. The van der Waals surface area contributed by atoms with Crippen molar-refractivity contribution in [2.24, 2.45) is 29.4 Å². The predicted octanol–water partition coefficient (Wildman–Crippen LogP) is 6.82. The van der Waals surface area contributed by atoms with E-state index < -0.39 is 17.6 Å². The van der Waals surface area contributed by atoms with Crippen LogP contribution in [-0.4, -0.2) is 47.4 Å². The highest BCUT2D eigenvalue weighted by atomic mass is 16.2. The van der Waals surface area contributed by atoms with Crippen LogP contribution in [0.5, 0.6) is 0 Å². The number of carbonyl (C=O) groups is 5. The van der Waals surface area contributed by atoms with Crippen LogP contribution >= 0.6 is 0 Å². The van der Waals surface area contributed by atoms with Crippen LogP contribution in [0.3, 0.4) is 0 Å². The fourth-order valence-corrected chi connectivity index (χ4v) is 5.88. The first kappa shape index (κ1) is 37.5. The van der Waals surface area contributed by atoms with Crippen molar-refractivity contribution >= 4 is 29.4 Å². The summed E-state index contributed by atoms with van der Waals surface area (Å²) in [5, 5.41) is 2.20. The second kappa shape index (κ2) is 17.1. The van der Waals surface area contributed by atoms with Gasteiger partial charge in [0.15, 0.2) is 5.78 Å². The number of ketones is 1. The minimum absolute atomic E-state index is 0. The van der Waals surface area contributed by atoms with E-state index in [1.807, 2.05) is 6.92 Å². The van der Waals surface area contributed by atoms with Gasteiger partial charge in [-0.05, 0) is 80.2 Å². The van der Waals surface area contributed by atoms with Crippen molar-refractivity contribution in [1.82, 2.24) is 16.4 Å². The van der Waals surface area contributed by atoms with Gasteiger partial charge in [0.25, 0.3) is 23.6 Å². The van der Waals surface area contributed by atoms with Crippen LogP contribution < -0.4 is 17.2 Å². The molecule has 45 heavy (non-hydrogen) atoms. The molecule has 9 heteroatoms. The zero-order valence-corrected chi connectivity index (χ0v) is 27.9. The number of hydrogen-bond acceptors (Lipinski definition) is 7. The SMILES string of the molecule is CC(C)CC(C)CCCN.CCC(C)CCCC(C)CN1C(=O)c2ccc(C(=O)c3ccc4c(c3)C(=O)NC4=O)cc2C1=O.N. The molecule has 0 fully saturated rings. The molecule has 4 amide bonds. The summed E-state index contributed by atoms with van der Waals surface area (Å²) >= 11 is 0. The summed E-state index contributed by atoms with van der Waals surface area (Å²) in [6, 6.07) is 8.78. The maximum atomic E-state index is 13.1. The summed E-state index contributed by atoms with van der Waals surface area (Å²) in [4.78, 5) is 63.9. The van der Waals surface area contributed by atoms with Crippen LogP contribution in [0.2, 0.25) is 0 Å². The van der Waals surface area contributed by atoms with Crippen molar-refractivity contribution in [3.8, 4) is 0 Å². The molecular weight excluding hydrogens is 568 g/mol. The lowest BCUT2D eigenvalue weighted by Gasteiger charge is -2.19. The Kier molecular flexibility index (Phi) is 14.3. The Morgan fingerprint density at radius 1 is 0.733 bits per heavy atom. The van der Waals surface area contributed by atoms with E-state index >= 15 is 0 Å². The number of carbonyl (C=O) groups excluding carboxylic acids is 5. The van der Waals surface area contributed by atoms with E-state index in [9.17, 15) is 24.0 Å². The first-order chi connectivity index (χ1) is 20.9. The molecule has 0 spiro atoms. The molecule has 0 radical (unpaired) electrons. The minimum Gasteiger partial charge on any atom is -0.344 e. The van der Waals surface area contributed by atoms with E-state index in [0.717, 1.165) is 44.1 Å². The van der Waals surface area contributed by atoms with E-state index in [1.54, 1.807) is 0 Å². The van der Waals surface area contributed by atoms with Crippen molar-refractivity contribution in [2.75, 3.05) is 13.1 Å². The first-order valence-electron chi connectivity index (χ1n) is 16.1. The average molecular weight is 621 g/mol. The van der Waals surface area contributed by atoms with Gasteiger partial charge in [-0.3, -0.25) is 34.2 Å². The van der Waals surface area contributed by atoms with Gasteiger partial charge in [0.1, 0.15) is 0 Å². The van der Waals surface area contributed by atoms with Gasteiger partial charge in [0.2, 0.25) is 0 Å². The lowest BCUT2D eigenvalue weighted by Crippen LogP contribution is -2.33. The molecule has 0 saturated carbocycles. The number of nitrogens with zero attached hydrogens (tertiary/aromatic N) is 1. The summed E-state index contributed by atoms with van der Waals surface area (Å²) in [6.45, 7) is 14.5. The second-order valence-corrected chi connectivity index (χ2v) is 13.1. The monoisotopic (exact) mass is 620 g/mol. The predicted molar refractivity (Wildman–Crippen MR) is 178 cm³/mol. The quantitative estimate of drug-likeness (QED) is 0.154. The van der Waals surface area contributed by atoms with Crippen molar-refractivity contribution in [2.45, 2.75) is 86.5 Å². The fourth-order valence-electron chi connectivity index (χ4n) is 5.88. The van der Waals surface area contributed by atoms with Crippen molar-refractivity contribution < 1.29 is 24.0 Å². The first-order valence-corrected chi connectivity index (χ1v) is 16.1. The standard InChI is InChI=1S/C27H28N2O5.C9H21N.H3N/c1-4-15(2)6-5-7-16(3)14-29-26(33)20-11-9-18(13-22(20)27(29)34)23(30)17-8-10-19-21(12-17)25(32)28-24(19)31;1-8(2)7-9(3)5-4-6-10;/h8-13,15-16H,4-7,14H2,1-3H3,(H,28,31,32);8-9H,4-7,10H2,1-3H3;1H3. The summed E-state index contributed by atoms with van der Waals surface area (Å²) in [7, 11) is 0. The van der Waals surface area contributed by atoms with Gasteiger partial charge < -0.3 is 11.9 Å². The molecule has 2 heterocycles. The zero-order valence-electron chi connectivity index (χ0n) is 27.9. The topological polar surface area (TPSA) is 162 Å². The number of benzene rings is 2. The highest BCUT2D eigenvalue weighted by Crippen LogP contribution is 2.28. The molecule has 4 rings (SSSR count). The molecule has 9 nitrogen and oxygen atoms in total. The van der Waals surface area contributed by atoms with E-state index in [-0.39, 0.29) is 51.7 Å². The number of nitrogens with two attached hydrogens (primary N) is 1. The van der Waals surface area contributed by atoms with Crippen molar-refractivity contribution in [3.63, 3.8) is 0 Å². The molecule has 2 aromatic rings. The lowest BCUT2D eigenvalue weighted by molar-refractivity contribution is 0.0628. The van der Waals surface area contributed by atoms with Crippen LogP contribution in [0.4, 0.5) is 0 Å². The summed E-state index contributed by atoms with van der Waals surface area (Å²) in [5.74, 6) is 0.415. The van der Waals surface area contributed by atoms with Crippen LogP contribution in [0, 0.1) is 23.7 Å². The van der Waals surface area contributed by atoms with E-state index in [0.29, 0.717) is 18.0 Å². The molecule has 0 bridgehead atoms. The molecule has 3 unspecified atom stereocenters. The van der Waals surface area contributed by atoms with Gasteiger partial charge in [-0.25, -0.2) is 0 Å². The largest absolute Gasteiger partial charge is 0.344 e. The average Bonchev–Trinajstić information content (AvgIpc) is 3.41. The third-order valence-corrected chi connectivity index (χ3v) is 8.59. The highest BCUT2D eigenvalue weighted by Gasteiger charge is 2.37. The number of hydrogen-bond donors (Lipinski definition) is 3. The van der Waals surface area contributed by atoms with Gasteiger partial charge >= 0.3 is 0 Å². The van der Waals surface area contributed by atoms with Crippen LogP contribution in [-0.2, 0) is 0 Å². The molecule has 0 aromatic heterocycles. The molecule has 2 aliphatic heterocycles. The highest BCUT2D eigenvalue weighted by molar-refractivity contribution is 6.24. The van der Waals surface area contributed by atoms with Crippen LogP contribution in [0.1, 0.15) is 144 Å². The molecule has 2 aromatic carbocycles. The third-order valence-electron chi connectivity index (χ3n) is 8.59. The Balaban J connectivity index is 0.000000555. The Morgan fingerprint density at radius 3 is 1.87 bits per heavy atom. The van der Waals surface area contributed by atoms with Gasteiger partial charge in [-0.15, -0.1) is 0 Å². The van der Waals surface area contributed by atoms with Gasteiger partial charge in [0.05, 0.1) is 22.3 Å². The van der Waals surface area contributed by atoms with Gasteiger partial charge in [0, 0.05) is 17.7 Å². The summed E-state index contributed by atoms with van der Waals surface area (Å²) < 4.78 is 0. The summed E-state index contributed by atoms with van der Waals surface area (Å²) in [6.07, 6.45) is 8.11. The molecule has 246 valence electrons. The van der Waals surface area contributed by atoms with Crippen LogP contribution in [0.15, 0.2) is 36.4 Å². The van der Waals surface area contributed by atoms with E-state index in [4.69, 9.17) is 5.73 Å². The molecule has 0 saturated heterocycles. The maximum absolute atomic E-state index is 13.1. The second-order valence-electron chi connectivity index (χ2n) is 13.1. The van der Waals surface area contributed by atoms with Crippen molar-refractivity contribution in [1.29, 1.82) is 0 Å². The third kappa shape index (κ3) is 9.65. The van der Waals surface area contributed by atoms with E-state index in [2.05, 4.69) is 39.9 Å².